The fraction of sp³-hybridized carbons (Fsp3) is 0.200. The molecule has 0 aliphatic heterocycles. The summed E-state index contributed by atoms with van der Waals surface area (Å²) in [4.78, 5) is -0.303. The number of nitrogens with one attached hydrogen (secondary N) is 1. The Labute approximate surface area is 208 Å². The number of phenols is 1. The molecule has 0 heterocycles. The molecule has 3 aromatic rings. The molecular weight excluding hydrogens is 465 g/mol. The fourth-order valence-corrected chi connectivity index (χ4v) is 4.59. The van der Waals surface area contributed by atoms with Crippen LogP contribution in [0.4, 0.5) is 11.4 Å². The van der Waals surface area contributed by atoms with Crippen LogP contribution in [0.25, 0.3) is 10.8 Å². The van der Waals surface area contributed by atoms with Crippen LogP contribution in [0.5, 0.6) is 5.75 Å². The van der Waals surface area contributed by atoms with Crippen LogP contribution in [0.1, 0.15) is 20.3 Å². The largest absolute Gasteiger partial charge is 1.00 e. The van der Waals surface area contributed by atoms with Gasteiger partial charge in [-0.2, -0.15) is 5.11 Å². The van der Waals surface area contributed by atoms with Crippen LogP contribution in [0, 0.1) is 0 Å². The van der Waals surface area contributed by atoms with Gasteiger partial charge in [-0.3, -0.25) is 0 Å². The molecule has 32 heavy (non-hydrogen) atoms. The van der Waals surface area contributed by atoms with Crippen molar-refractivity contribution in [3.63, 3.8) is 0 Å². The second-order valence-corrected chi connectivity index (χ2v) is 9.99. The van der Waals surface area contributed by atoms with Crippen molar-refractivity contribution in [2.75, 3.05) is 0 Å². The predicted octanol–water partition coefficient (Wildman–Crippen LogP) is 0.946. The number of sulfonamides is 1. The van der Waals surface area contributed by atoms with Crippen LogP contribution in [-0.4, -0.2) is 32.5 Å². The van der Waals surface area contributed by atoms with Crippen molar-refractivity contribution in [3.05, 3.63) is 54.6 Å². The quantitative estimate of drug-likeness (QED) is 0.289. The SMILES string of the molecule is CCC(C)NS(=O)(=O)c1ccc(N=Nc2c(O)ccc3cc(S(=O)(=O)[O-])ccc23)cc1.[Na+]. The molecule has 0 saturated carbocycles. The summed E-state index contributed by atoms with van der Waals surface area (Å²) in [6.45, 7) is 3.64. The molecule has 0 radical (unpaired) electrons. The molecule has 164 valence electrons. The van der Waals surface area contributed by atoms with E-state index >= 15 is 0 Å². The van der Waals surface area contributed by atoms with E-state index in [1.54, 1.807) is 6.92 Å². The average molecular weight is 486 g/mol. The van der Waals surface area contributed by atoms with Gasteiger partial charge in [0.15, 0.2) is 0 Å². The van der Waals surface area contributed by atoms with Crippen molar-refractivity contribution >= 4 is 42.3 Å². The molecule has 9 nitrogen and oxygen atoms in total. The summed E-state index contributed by atoms with van der Waals surface area (Å²) in [5.41, 5.74) is 0.431. The number of phenolic OH excluding ortho intramolecular Hbond substituents is 1. The normalized spacial score (nSPS) is 13.2. The Morgan fingerprint density at radius 2 is 1.59 bits per heavy atom. The molecule has 12 heteroatoms. The zero-order valence-corrected chi connectivity index (χ0v) is 21.3. The second-order valence-electron chi connectivity index (χ2n) is 6.89. The first-order valence-corrected chi connectivity index (χ1v) is 12.2. The molecule has 0 aliphatic rings. The molecular formula is C20H20N3NaO6S2. The molecule has 3 aromatic carbocycles. The van der Waals surface area contributed by atoms with E-state index in [1.165, 1.54) is 48.5 Å². The van der Waals surface area contributed by atoms with Crippen LogP contribution in [-0.2, 0) is 20.1 Å². The van der Waals surface area contributed by atoms with Gasteiger partial charge in [0, 0.05) is 11.4 Å². The van der Waals surface area contributed by atoms with E-state index < -0.39 is 25.0 Å². The van der Waals surface area contributed by atoms with E-state index in [0.29, 0.717) is 22.9 Å². The summed E-state index contributed by atoms with van der Waals surface area (Å²) in [6.07, 6.45) is 0.655. The molecule has 0 fully saturated rings. The van der Waals surface area contributed by atoms with Crippen molar-refractivity contribution in [2.24, 2.45) is 10.2 Å². The number of benzene rings is 3. The van der Waals surface area contributed by atoms with Gasteiger partial charge in [-0.15, -0.1) is 5.11 Å². The predicted molar refractivity (Wildman–Crippen MR) is 114 cm³/mol. The zero-order chi connectivity index (χ0) is 22.8. The zero-order valence-electron chi connectivity index (χ0n) is 17.7. The van der Waals surface area contributed by atoms with Crippen molar-refractivity contribution < 1.29 is 56.1 Å². The van der Waals surface area contributed by atoms with Gasteiger partial charge in [0.05, 0.1) is 15.5 Å². The maximum absolute atomic E-state index is 12.3. The van der Waals surface area contributed by atoms with Crippen molar-refractivity contribution in [1.29, 1.82) is 0 Å². The number of fused-ring (bicyclic) bond motifs is 1. The Hall–Kier alpha value is -1.86. The van der Waals surface area contributed by atoms with Crippen LogP contribution < -0.4 is 34.3 Å². The molecule has 1 atom stereocenters. The van der Waals surface area contributed by atoms with Crippen LogP contribution in [0.2, 0.25) is 0 Å². The number of rotatable bonds is 7. The third-order valence-corrected chi connectivity index (χ3v) is 7.05. The molecule has 0 saturated heterocycles. The van der Waals surface area contributed by atoms with E-state index in [-0.39, 0.29) is 51.9 Å². The maximum Gasteiger partial charge on any atom is 1.00 e. The second kappa shape index (κ2) is 10.4. The fourth-order valence-electron chi connectivity index (χ4n) is 2.76. The number of aromatic hydroxyl groups is 1. The Morgan fingerprint density at radius 3 is 2.19 bits per heavy atom. The molecule has 1 unspecified atom stereocenters. The van der Waals surface area contributed by atoms with Crippen molar-refractivity contribution in [1.82, 2.24) is 4.72 Å². The Kier molecular flexibility index (Phi) is 8.56. The molecule has 2 N–H and O–H groups in total. The minimum absolute atomic E-state index is 0. The number of hydrogen-bond acceptors (Lipinski definition) is 8. The summed E-state index contributed by atoms with van der Waals surface area (Å²) in [7, 11) is -8.26. The Morgan fingerprint density at radius 1 is 0.969 bits per heavy atom. The summed E-state index contributed by atoms with van der Waals surface area (Å²) in [6, 6.07) is 12.0. The summed E-state index contributed by atoms with van der Waals surface area (Å²) in [5, 5.41) is 19.0. The first kappa shape index (κ1) is 26.4. The number of azo groups is 1. The van der Waals surface area contributed by atoms with Gasteiger partial charge in [-0.1, -0.05) is 19.1 Å². The summed E-state index contributed by atoms with van der Waals surface area (Å²) >= 11 is 0. The van der Waals surface area contributed by atoms with Gasteiger partial charge < -0.3 is 9.66 Å². The molecule has 0 aromatic heterocycles. The molecule has 0 bridgehead atoms. The van der Waals surface area contributed by atoms with Crippen LogP contribution in [0.3, 0.4) is 0 Å². The average Bonchev–Trinajstić information content (AvgIpc) is 2.72. The minimum Gasteiger partial charge on any atom is -0.744 e. The van der Waals surface area contributed by atoms with Gasteiger partial charge in [-0.25, -0.2) is 21.6 Å². The molecule has 0 aliphatic carbocycles. The summed E-state index contributed by atoms with van der Waals surface area (Å²) < 4.78 is 60.9. The molecule has 3 rings (SSSR count). The van der Waals surface area contributed by atoms with E-state index in [0.717, 1.165) is 6.07 Å². The van der Waals surface area contributed by atoms with Crippen molar-refractivity contribution in [3.8, 4) is 5.75 Å². The van der Waals surface area contributed by atoms with Gasteiger partial charge in [0.1, 0.15) is 21.6 Å². The first-order valence-electron chi connectivity index (χ1n) is 9.27. The van der Waals surface area contributed by atoms with Crippen LogP contribution >= 0.6 is 0 Å². The minimum atomic E-state index is -4.62. The smallest absolute Gasteiger partial charge is 0.744 e. The Bertz CT molecular complexity index is 1360. The first-order chi connectivity index (χ1) is 14.5. The van der Waals surface area contributed by atoms with Crippen LogP contribution in [0.15, 0.2) is 74.6 Å². The number of nitrogens with zero attached hydrogens (tertiary/aromatic N) is 2. The standard InChI is InChI=1S/C20H21N3O6S2.Na/c1-3-13(2)23-30(25,26)16-7-5-15(6-8-16)21-22-20-18-10-9-17(31(27,28)29)12-14(18)4-11-19(20)24;/h4-13,23-24H,3H2,1-2H3,(H,27,28,29);/q;+1/p-1. The van der Waals surface area contributed by atoms with E-state index in [4.69, 9.17) is 0 Å². The third-order valence-electron chi connectivity index (χ3n) is 4.61. The van der Waals surface area contributed by atoms with E-state index in [1.807, 2.05) is 6.92 Å². The molecule has 0 spiro atoms. The third kappa shape index (κ3) is 6.13. The number of hydrogen-bond donors (Lipinski definition) is 2. The van der Waals surface area contributed by atoms with E-state index in [9.17, 15) is 26.5 Å². The monoisotopic (exact) mass is 485 g/mol. The van der Waals surface area contributed by atoms with Gasteiger partial charge >= 0.3 is 29.6 Å². The van der Waals surface area contributed by atoms with Gasteiger partial charge in [0.25, 0.3) is 0 Å². The van der Waals surface area contributed by atoms with E-state index in [2.05, 4.69) is 15.0 Å². The summed E-state index contributed by atoms with van der Waals surface area (Å²) in [5.74, 6) is -0.189. The topological polar surface area (TPSA) is 148 Å². The Balaban J connectivity index is 0.00000363. The maximum atomic E-state index is 12.3. The van der Waals surface area contributed by atoms with Gasteiger partial charge in [-0.05, 0) is 61.2 Å². The van der Waals surface area contributed by atoms with Crippen molar-refractivity contribution in [2.45, 2.75) is 36.1 Å². The molecule has 0 amide bonds. The van der Waals surface area contributed by atoms with Gasteiger partial charge in [0.2, 0.25) is 10.0 Å².